The molecule has 0 saturated carbocycles. The molecule has 2 N–H and O–H groups in total. The molecule has 106 valence electrons. The van der Waals surface area contributed by atoms with Crippen molar-refractivity contribution in [2.45, 2.75) is 13.3 Å². The quantitative estimate of drug-likeness (QED) is 0.914. The van der Waals surface area contributed by atoms with Gasteiger partial charge < -0.3 is 10.6 Å². The van der Waals surface area contributed by atoms with Crippen LogP contribution in [0.2, 0.25) is 5.02 Å². The van der Waals surface area contributed by atoms with Crippen molar-refractivity contribution in [3.05, 3.63) is 52.9 Å². The van der Waals surface area contributed by atoms with Crippen LogP contribution in [-0.2, 0) is 0 Å². The average molecular weight is 294 g/mol. The van der Waals surface area contributed by atoms with Gasteiger partial charge in [-0.25, -0.2) is 9.37 Å². The fraction of sp³-hybridized carbons (Fsp3) is 0.267. The van der Waals surface area contributed by atoms with Crippen LogP contribution in [0.1, 0.15) is 12.0 Å². The van der Waals surface area contributed by atoms with Gasteiger partial charge in [0.15, 0.2) is 11.6 Å². The van der Waals surface area contributed by atoms with Crippen molar-refractivity contribution in [2.75, 3.05) is 18.0 Å². The number of hydrogen-bond acceptors (Lipinski definition) is 3. The second-order valence-corrected chi connectivity index (χ2v) is 4.98. The van der Waals surface area contributed by atoms with Crippen LogP contribution in [0.4, 0.5) is 15.9 Å². The Morgan fingerprint density at radius 2 is 2.10 bits per heavy atom. The number of pyridine rings is 1. The predicted octanol–water partition coefficient (Wildman–Crippen LogP) is 3.67. The number of para-hydroxylation sites is 1. The van der Waals surface area contributed by atoms with Crippen LogP contribution in [0.25, 0.3) is 0 Å². The van der Waals surface area contributed by atoms with E-state index in [4.69, 9.17) is 17.3 Å². The molecule has 2 aromatic rings. The average Bonchev–Trinajstić information content (AvgIpc) is 2.42. The van der Waals surface area contributed by atoms with Crippen molar-refractivity contribution in [1.29, 1.82) is 0 Å². The van der Waals surface area contributed by atoms with E-state index in [2.05, 4.69) is 4.98 Å². The SMILES string of the molecule is Cc1ccccc1N(CCCN)c1ncc(Cl)cc1F. The first kappa shape index (κ1) is 14.8. The topological polar surface area (TPSA) is 42.1 Å². The molecule has 3 nitrogen and oxygen atoms in total. The van der Waals surface area contributed by atoms with E-state index >= 15 is 0 Å². The van der Waals surface area contributed by atoms with E-state index in [9.17, 15) is 4.39 Å². The Balaban J connectivity index is 2.44. The van der Waals surface area contributed by atoms with Crippen LogP contribution in [0, 0.1) is 12.7 Å². The Bertz CT molecular complexity index is 589. The third kappa shape index (κ3) is 3.26. The molecule has 5 heteroatoms. The standard InChI is InChI=1S/C15H17ClFN3/c1-11-5-2-3-6-14(11)20(8-4-7-18)15-13(17)9-12(16)10-19-15/h2-3,5-6,9-10H,4,7-8,18H2,1H3. The number of rotatable bonds is 5. The van der Waals surface area contributed by atoms with Gasteiger partial charge in [0.1, 0.15) is 0 Å². The molecule has 0 aliphatic carbocycles. The molecule has 20 heavy (non-hydrogen) atoms. The van der Waals surface area contributed by atoms with Crippen molar-refractivity contribution in [3.8, 4) is 0 Å². The molecule has 0 amide bonds. The minimum atomic E-state index is -0.433. The highest BCUT2D eigenvalue weighted by Crippen LogP contribution is 2.29. The smallest absolute Gasteiger partial charge is 0.169 e. The van der Waals surface area contributed by atoms with Crippen LogP contribution in [-0.4, -0.2) is 18.1 Å². The fourth-order valence-electron chi connectivity index (χ4n) is 2.06. The summed E-state index contributed by atoms with van der Waals surface area (Å²) in [6.45, 7) is 3.13. The predicted molar refractivity (Wildman–Crippen MR) is 81.1 cm³/mol. The number of benzene rings is 1. The van der Waals surface area contributed by atoms with Crippen molar-refractivity contribution >= 4 is 23.1 Å². The monoisotopic (exact) mass is 293 g/mol. The Labute approximate surface area is 123 Å². The zero-order valence-electron chi connectivity index (χ0n) is 11.3. The molecule has 0 bridgehead atoms. The summed E-state index contributed by atoms with van der Waals surface area (Å²) in [5.41, 5.74) is 7.55. The number of nitrogens with two attached hydrogens (primary N) is 1. The van der Waals surface area contributed by atoms with Gasteiger partial charge in [0.25, 0.3) is 0 Å². The van der Waals surface area contributed by atoms with Gasteiger partial charge in [0.05, 0.1) is 5.02 Å². The van der Waals surface area contributed by atoms with E-state index in [-0.39, 0.29) is 10.8 Å². The zero-order valence-corrected chi connectivity index (χ0v) is 12.1. The number of aryl methyl sites for hydroxylation is 1. The van der Waals surface area contributed by atoms with Crippen molar-refractivity contribution in [1.82, 2.24) is 4.98 Å². The largest absolute Gasteiger partial charge is 0.330 e. The molecule has 0 spiro atoms. The Morgan fingerprint density at radius 1 is 1.35 bits per heavy atom. The highest BCUT2D eigenvalue weighted by Gasteiger charge is 2.16. The normalized spacial score (nSPS) is 10.6. The van der Waals surface area contributed by atoms with E-state index in [1.54, 1.807) is 0 Å². The summed E-state index contributed by atoms with van der Waals surface area (Å²) in [5, 5.41) is 0.287. The lowest BCUT2D eigenvalue weighted by Crippen LogP contribution is -2.23. The number of anilines is 2. The van der Waals surface area contributed by atoms with E-state index in [0.29, 0.717) is 13.1 Å². The molecule has 0 unspecified atom stereocenters. The Kier molecular flexibility index (Phi) is 4.93. The lowest BCUT2D eigenvalue weighted by atomic mass is 10.1. The molecule has 0 atom stereocenters. The van der Waals surface area contributed by atoms with Gasteiger partial charge in [-0.1, -0.05) is 29.8 Å². The second-order valence-electron chi connectivity index (χ2n) is 4.54. The third-order valence-corrected chi connectivity index (χ3v) is 3.24. The number of halogens is 2. The van der Waals surface area contributed by atoms with Gasteiger partial charge >= 0.3 is 0 Å². The molecule has 0 aliphatic rings. The van der Waals surface area contributed by atoms with Gasteiger partial charge in [-0.3, -0.25) is 0 Å². The maximum Gasteiger partial charge on any atom is 0.169 e. The van der Waals surface area contributed by atoms with E-state index in [0.717, 1.165) is 17.7 Å². The fourth-order valence-corrected chi connectivity index (χ4v) is 2.21. The van der Waals surface area contributed by atoms with Gasteiger partial charge in [0.2, 0.25) is 0 Å². The second kappa shape index (κ2) is 6.68. The molecule has 0 saturated heterocycles. The van der Waals surface area contributed by atoms with E-state index in [1.165, 1.54) is 12.3 Å². The lowest BCUT2D eigenvalue weighted by molar-refractivity contribution is 0.616. The third-order valence-electron chi connectivity index (χ3n) is 3.04. The van der Waals surface area contributed by atoms with Crippen LogP contribution in [0.3, 0.4) is 0 Å². The molecule has 1 aromatic carbocycles. The van der Waals surface area contributed by atoms with Gasteiger partial charge in [-0.2, -0.15) is 0 Å². The summed E-state index contributed by atoms with van der Waals surface area (Å²) in [5.74, 6) is -0.157. The highest BCUT2D eigenvalue weighted by molar-refractivity contribution is 6.30. The highest BCUT2D eigenvalue weighted by atomic mass is 35.5. The lowest BCUT2D eigenvalue weighted by Gasteiger charge is -2.25. The van der Waals surface area contributed by atoms with Crippen LogP contribution >= 0.6 is 11.6 Å². The first-order valence-electron chi connectivity index (χ1n) is 6.47. The molecular weight excluding hydrogens is 277 g/mol. The summed E-state index contributed by atoms with van der Waals surface area (Å²) < 4.78 is 14.1. The molecule has 0 aliphatic heterocycles. The van der Waals surface area contributed by atoms with Gasteiger partial charge in [-0.15, -0.1) is 0 Å². The minimum Gasteiger partial charge on any atom is -0.330 e. The summed E-state index contributed by atoms with van der Waals surface area (Å²) in [6, 6.07) is 9.08. The summed E-state index contributed by atoms with van der Waals surface area (Å²) in [4.78, 5) is 5.97. The number of nitrogens with zero attached hydrogens (tertiary/aromatic N) is 2. The molecular formula is C15H17ClFN3. The van der Waals surface area contributed by atoms with Crippen molar-refractivity contribution in [3.63, 3.8) is 0 Å². The Hall–Kier alpha value is -1.65. The molecule has 0 fully saturated rings. The summed E-state index contributed by atoms with van der Waals surface area (Å²) in [6.07, 6.45) is 2.20. The number of aromatic nitrogens is 1. The molecule has 0 radical (unpaired) electrons. The summed E-state index contributed by atoms with van der Waals surface area (Å²) >= 11 is 5.76. The maximum absolute atomic E-state index is 14.1. The maximum atomic E-state index is 14.1. The molecule has 1 aromatic heterocycles. The minimum absolute atomic E-state index is 0.275. The van der Waals surface area contributed by atoms with Gasteiger partial charge in [-0.05, 0) is 37.6 Å². The van der Waals surface area contributed by atoms with E-state index < -0.39 is 5.82 Å². The number of hydrogen-bond donors (Lipinski definition) is 1. The van der Waals surface area contributed by atoms with Crippen molar-refractivity contribution in [2.24, 2.45) is 5.73 Å². The molecule has 2 rings (SSSR count). The van der Waals surface area contributed by atoms with E-state index in [1.807, 2.05) is 36.1 Å². The van der Waals surface area contributed by atoms with Crippen LogP contribution in [0.15, 0.2) is 36.5 Å². The summed E-state index contributed by atoms with van der Waals surface area (Å²) in [7, 11) is 0. The first-order chi connectivity index (χ1) is 9.63. The molecule has 1 heterocycles. The zero-order chi connectivity index (χ0) is 14.5. The van der Waals surface area contributed by atoms with Crippen molar-refractivity contribution < 1.29 is 4.39 Å². The first-order valence-corrected chi connectivity index (χ1v) is 6.85. The van der Waals surface area contributed by atoms with Crippen LogP contribution in [0.5, 0.6) is 0 Å². The van der Waals surface area contributed by atoms with Gasteiger partial charge in [0, 0.05) is 18.4 Å². The Morgan fingerprint density at radius 3 is 2.75 bits per heavy atom. The van der Waals surface area contributed by atoms with Crippen LogP contribution < -0.4 is 10.6 Å².